The summed E-state index contributed by atoms with van der Waals surface area (Å²) in [6, 6.07) is 15.6. The van der Waals surface area contributed by atoms with E-state index in [-0.39, 0.29) is 24.8 Å². The fourth-order valence-corrected chi connectivity index (χ4v) is 4.64. The molecule has 0 bridgehead atoms. The minimum atomic E-state index is -1.93. The molecule has 0 saturated heterocycles. The van der Waals surface area contributed by atoms with Gasteiger partial charge in [0.25, 0.3) is 0 Å². The predicted octanol–water partition coefficient (Wildman–Crippen LogP) is 6.94. The summed E-state index contributed by atoms with van der Waals surface area (Å²) in [4.78, 5) is 7.35. The van der Waals surface area contributed by atoms with Crippen LogP contribution in [0.1, 0.15) is 32.6 Å². The average Bonchev–Trinajstić information content (AvgIpc) is 3.35. The highest BCUT2D eigenvalue weighted by Gasteiger charge is 2.38. The number of aliphatic hydroxyl groups excluding tert-OH is 1. The quantitative estimate of drug-likeness (QED) is 0.213. The first-order chi connectivity index (χ1) is 16.3. The highest BCUT2D eigenvalue weighted by Crippen LogP contribution is 2.44. The van der Waals surface area contributed by atoms with Gasteiger partial charge in [-0.2, -0.15) is 0 Å². The molecule has 2 aromatic heterocycles. The topological polar surface area (TPSA) is 54.9 Å². The largest absolute Gasteiger partial charge is 0.494 e. The van der Waals surface area contributed by atoms with E-state index in [0.29, 0.717) is 23.8 Å². The van der Waals surface area contributed by atoms with Crippen molar-refractivity contribution in [2.75, 3.05) is 26.2 Å². The molecule has 0 saturated carbocycles. The average molecular weight is 597 g/mol. The number of hydrogen-bond acceptors (Lipinski definition) is 4. The molecule has 4 aromatic rings. The SMILES string of the molecule is CCOc1ccc(-c2nc3n(CCN(CC)CC)c4ccccc4n3c2C(O)C(Cl)(Cl)Cl)cc1.Cl.Cl. The van der Waals surface area contributed by atoms with Gasteiger partial charge in [-0.05, 0) is 56.4 Å². The number of para-hydroxylation sites is 2. The number of aromatic nitrogens is 3. The van der Waals surface area contributed by atoms with Gasteiger partial charge in [-0.25, -0.2) is 4.98 Å². The summed E-state index contributed by atoms with van der Waals surface area (Å²) in [6.45, 7) is 10.4. The highest BCUT2D eigenvalue weighted by molar-refractivity contribution is 6.68. The van der Waals surface area contributed by atoms with Crippen LogP contribution in [-0.4, -0.2) is 54.0 Å². The first-order valence-electron chi connectivity index (χ1n) is 11.5. The lowest BCUT2D eigenvalue weighted by molar-refractivity contribution is 0.177. The Kier molecular flexibility index (Phi) is 11.1. The van der Waals surface area contributed by atoms with Crippen LogP contribution in [0.15, 0.2) is 48.5 Å². The predicted molar refractivity (Wildman–Crippen MR) is 155 cm³/mol. The van der Waals surface area contributed by atoms with Gasteiger partial charge in [0.15, 0.2) is 0 Å². The zero-order chi connectivity index (χ0) is 24.5. The van der Waals surface area contributed by atoms with Gasteiger partial charge < -0.3 is 19.3 Å². The summed E-state index contributed by atoms with van der Waals surface area (Å²) in [5, 5.41) is 11.2. The number of fused-ring (bicyclic) bond motifs is 3. The van der Waals surface area contributed by atoms with Crippen molar-refractivity contribution >= 4 is 76.4 Å². The molecule has 0 aliphatic heterocycles. The lowest BCUT2D eigenvalue weighted by Gasteiger charge is -2.20. The Hall–Kier alpha value is -1.38. The molecule has 0 aliphatic carbocycles. The van der Waals surface area contributed by atoms with E-state index >= 15 is 0 Å². The van der Waals surface area contributed by atoms with Gasteiger partial charge in [0.2, 0.25) is 9.57 Å². The van der Waals surface area contributed by atoms with Gasteiger partial charge >= 0.3 is 0 Å². The standard InChI is InChI=1S/C25H29Cl3N4O2.2ClH/c1-4-30(5-2)15-16-31-19-9-7-8-10-20(19)32-22(23(33)25(26,27)28)21(29-24(31)32)17-11-13-18(14-12-17)34-6-3;;/h7-14,23,33H,4-6,15-16H2,1-3H3;2*1H. The van der Waals surface area contributed by atoms with Crippen molar-refractivity contribution in [2.45, 2.75) is 37.2 Å². The lowest BCUT2D eigenvalue weighted by atomic mass is 10.1. The Morgan fingerprint density at radius 2 is 1.58 bits per heavy atom. The summed E-state index contributed by atoms with van der Waals surface area (Å²) < 4.78 is 7.73. The van der Waals surface area contributed by atoms with Crippen LogP contribution in [0, 0.1) is 0 Å². The Bertz CT molecular complexity index is 1260. The molecule has 4 rings (SSSR count). The third-order valence-corrected chi connectivity index (χ3v) is 6.71. The number of ether oxygens (including phenoxy) is 1. The number of imidazole rings is 2. The van der Waals surface area contributed by atoms with Crippen LogP contribution in [-0.2, 0) is 6.54 Å². The summed E-state index contributed by atoms with van der Waals surface area (Å²) >= 11 is 18.6. The molecule has 1 atom stereocenters. The van der Waals surface area contributed by atoms with Gasteiger partial charge in [0.05, 0.1) is 29.0 Å². The minimum Gasteiger partial charge on any atom is -0.494 e. The molecule has 0 spiro atoms. The molecule has 198 valence electrons. The molecule has 0 amide bonds. The fraction of sp³-hybridized carbons (Fsp3) is 0.400. The number of nitrogens with zero attached hydrogens (tertiary/aromatic N) is 4. The number of aliphatic hydroxyl groups is 1. The normalized spacial score (nSPS) is 12.6. The zero-order valence-electron chi connectivity index (χ0n) is 20.3. The van der Waals surface area contributed by atoms with Crippen molar-refractivity contribution in [1.82, 2.24) is 18.9 Å². The molecular formula is C25H31Cl5N4O2. The maximum absolute atomic E-state index is 11.2. The van der Waals surface area contributed by atoms with E-state index in [2.05, 4.69) is 23.3 Å². The molecule has 0 radical (unpaired) electrons. The summed E-state index contributed by atoms with van der Waals surface area (Å²) in [7, 11) is 0. The van der Waals surface area contributed by atoms with Gasteiger partial charge in [-0.1, -0.05) is 60.8 Å². The first-order valence-corrected chi connectivity index (χ1v) is 12.6. The van der Waals surface area contributed by atoms with E-state index in [1.807, 2.05) is 59.9 Å². The molecule has 36 heavy (non-hydrogen) atoms. The van der Waals surface area contributed by atoms with Crippen LogP contribution in [0.4, 0.5) is 0 Å². The molecule has 11 heteroatoms. The number of rotatable bonds is 9. The molecule has 6 nitrogen and oxygen atoms in total. The second-order valence-corrected chi connectivity index (χ2v) is 10.4. The molecule has 1 unspecified atom stereocenters. The summed E-state index contributed by atoms with van der Waals surface area (Å²) in [6.07, 6.45) is -1.39. The number of likely N-dealkylation sites (N-methyl/N-ethyl adjacent to an activating group) is 1. The smallest absolute Gasteiger partial charge is 0.221 e. The fourth-order valence-electron chi connectivity index (χ4n) is 4.33. The molecular weight excluding hydrogens is 566 g/mol. The summed E-state index contributed by atoms with van der Waals surface area (Å²) in [5.41, 5.74) is 3.71. The van der Waals surface area contributed by atoms with Crippen molar-refractivity contribution in [3.8, 4) is 17.0 Å². The Labute approximate surface area is 238 Å². The van der Waals surface area contributed by atoms with Crippen molar-refractivity contribution in [1.29, 1.82) is 0 Å². The maximum Gasteiger partial charge on any atom is 0.221 e. The Morgan fingerprint density at radius 3 is 2.14 bits per heavy atom. The van der Waals surface area contributed by atoms with Crippen LogP contribution in [0.25, 0.3) is 28.1 Å². The van der Waals surface area contributed by atoms with Gasteiger partial charge in [0.1, 0.15) is 11.9 Å². The van der Waals surface area contributed by atoms with Crippen molar-refractivity contribution in [2.24, 2.45) is 0 Å². The molecule has 2 aromatic carbocycles. The molecule has 1 N–H and O–H groups in total. The van der Waals surface area contributed by atoms with E-state index in [1.54, 1.807) is 0 Å². The van der Waals surface area contributed by atoms with Crippen LogP contribution >= 0.6 is 59.6 Å². The van der Waals surface area contributed by atoms with E-state index in [4.69, 9.17) is 44.5 Å². The van der Waals surface area contributed by atoms with E-state index in [9.17, 15) is 5.11 Å². The lowest BCUT2D eigenvalue weighted by Crippen LogP contribution is -2.27. The second-order valence-electron chi connectivity index (χ2n) is 8.05. The maximum atomic E-state index is 11.2. The molecule has 2 heterocycles. The van der Waals surface area contributed by atoms with Gasteiger partial charge in [-0.15, -0.1) is 24.8 Å². The van der Waals surface area contributed by atoms with Crippen LogP contribution < -0.4 is 4.74 Å². The zero-order valence-corrected chi connectivity index (χ0v) is 24.2. The number of benzene rings is 2. The minimum absolute atomic E-state index is 0. The van der Waals surface area contributed by atoms with E-state index in [1.165, 1.54) is 0 Å². The Balaban J connectivity index is 0.00000228. The third kappa shape index (κ3) is 6.02. The third-order valence-electron chi connectivity index (χ3n) is 6.09. The van der Waals surface area contributed by atoms with E-state index < -0.39 is 9.90 Å². The van der Waals surface area contributed by atoms with Crippen molar-refractivity contribution < 1.29 is 9.84 Å². The first kappa shape index (κ1) is 30.8. The van der Waals surface area contributed by atoms with Crippen molar-refractivity contribution in [3.63, 3.8) is 0 Å². The number of alkyl halides is 3. The molecule has 0 fully saturated rings. The number of halogens is 5. The highest BCUT2D eigenvalue weighted by atomic mass is 35.6. The van der Waals surface area contributed by atoms with Gasteiger partial charge in [0, 0.05) is 18.7 Å². The van der Waals surface area contributed by atoms with Crippen molar-refractivity contribution in [3.05, 3.63) is 54.2 Å². The van der Waals surface area contributed by atoms with Gasteiger partial charge in [-0.3, -0.25) is 4.40 Å². The monoisotopic (exact) mass is 594 g/mol. The molecule has 0 aliphatic rings. The van der Waals surface area contributed by atoms with E-state index in [0.717, 1.165) is 48.5 Å². The number of hydrogen-bond donors (Lipinski definition) is 1. The van der Waals surface area contributed by atoms with Crippen LogP contribution in [0.2, 0.25) is 0 Å². The summed E-state index contributed by atoms with van der Waals surface area (Å²) in [5.74, 6) is 1.45. The van der Waals surface area contributed by atoms with Crippen LogP contribution in [0.3, 0.4) is 0 Å². The Morgan fingerprint density at radius 1 is 0.972 bits per heavy atom. The second kappa shape index (κ2) is 12.9. The van der Waals surface area contributed by atoms with Crippen LogP contribution in [0.5, 0.6) is 5.75 Å².